The summed E-state index contributed by atoms with van der Waals surface area (Å²) in [5.41, 5.74) is 5.29. The van der Waals surface area contributed by atoms with Crippen LogP contribution in [0.5, 0.6) is 0 Å². The number of H-pyrrole nitrogens is 3. The Morgan fingerprint density at radius 2 is 1.87 bits per heavy atom. The maximum atomic E-state index is 14.4. The Morgan fingerprint density at radius 1 is 0.933 bits per heavy atom. The van der Waals surface area contributed by atoms with Crippen molar-refractivity contribution in [2.75, 3.05) is 0 Å². The molecule has 0 fully saturated rings. The molecule has 0 bridgehead atoms. The number of hydrogen-bond donors (Lipinski definition) is 3. The number of fused-ring (bicyclic) bond motifs is 2. The average Bonchev–Trinajstić information content (AvgIpc) is 3.51. The van der Waals surface area contributed by atoms with Crippen LogP contribution in [0.2, 0.25) is 0 Å². The fraction of sp³-hybridized carbons (Fsp3) is 0. The van der Waals surface area contributed by atoms with Crippen molar-refractivity contribution in [2.45, 2.75) is 0 Å². The van der Waals surface area contributed by atoms with Crippen molar-refractivity contribution >= 4 is 22.1 Å². The molecule has 0 aliphatic rings. The molecule has 5 heterocycles. The normalized spacial score (nSPS) is 11.5. The Hall–Kier alpha value is -4.40. The monoisotopic (exact) mass is 396 g/mol. The number of hydrogen-bond acceptors (Lipinski definition) is 5. The summed E-state index contributed by atoms with van der Waals surface area (Å²) < 4.78 is 14.4. The van der Waals surface area contributed by atoms with Crippen LogP contribution in [-0.4, -0.2) is 40.3 Å². The fourth-order valence-electron chi connectivity index (χ4n) is 3.55. The van der Waals surface area contributed by atoms with E-state index in [1.165, 1.54) is 6.07 Å². The van der Waals surface area contributed by atoms with Crippen LogP contribution in [0.15, 0.2) is 61.2 Å². The van der Waals surface area contributed by atoms with E-state index in [1.54, 1.807) is 49.1 Å². The number of imidazole rings is 1. The summed E-state index contributed by atoms with van der Waals surface area (Å²) >= 11 is 0. The van der Waals surface area contributed by atoms with E-state index in [4.69, 9.17) is 4.98 Å². The minimum atomic E-state index is -0.346. The first-order valence-corrected chi connectivity index (χ1v) is 9.21. The van der Waals surface area contributed by atoms with Crippen LogP contribution < -0.4 is 0 Å². The van der Waals surface area contributed by atoms with Gasteiger partial charge in [-0.1, -0.05) is 12.1 Å². The minimum Gasteiger partial charge on any atom is -0.336 e. The lowest BCUT2D eigenvalue weighted by Gasteiger charge is -2.02. The fourth-order valence-corrected chi connectivity index (χ4v) is 3.55. The molecule has 1 aromatic carbocycles. The van der Waals surface area contributed by atoms with Gasteiger partial charge in [-0.05, 0) is 24.3 Å². The number of pyridine rings is 2. The number of halogens is 1. The molecule has 30 heavy (non-hydrogen) atoms. The summed E-state index contributed by atoms with van der Waals surface area (Å²) in [5.74, 6) is 0.203. The lowest BCUT2D eigenvalue weighted by atomic mass is 10.1. The Bertz CT molecular complexity index is 1510. The van der Waals surface area contributed by atoms with E-state index in [0.29, 0.717) is 33.9 Å². The summed E-state index contributed by atoms with van der Waals surface area (Å²) in [4.78, 5) is 16.8. The van der Waals surface area contributed by atoms with Gasteiger partial charge in [-0.3, -0.25) is 15.2 Å². The van der Waals surface area contributed by atoms with Crippen molar-refractivity contribution in [3.63, 3.8) is 0 Å². The maximum Gasteiger partial charge on any atom is 0.159 e. The Morgan fingerprint density at radius 3 is 2.73 bits per heavy atom. The number of aromatic nitrogens is 8. The van der Waals surface area contributed by atoms with Crippen LogP contribution in [0.3, 0.4) is 0 Å². The molecule has 0 atom stereocenters. The van der Waals surface area contributed by atoms with Crippen molar-refractivity contribution in [1.29, 1.82) is 0 Å². The van der Waals surface area contributed by atoms with Gasteiger partial charge in [0, 0.05) is 35.3 Å². The second-order valence-electron chi connectivity index (χ2n) is 6.80. The van der Waals surface area contributed by atoms with E-state index in [1.807, 2.05) is 6.07 Å². The first kappa shape index (κ1) is 16.5. The van der Waals surface area contributed by atoms with E-state index >= 15 is 0 Å². The van der Waals surface area contributed by atoms with E-state index in [2.05, 4.69) is 35.3 Å². The summed E-state index contributed by atoms with van der Waals surface area (Å²) in [6, 6.07) is 10.3. The predicted octanol–water partition coefficient (Wildman–Crippen LogP) is 4.09. The number of nitrogens with zero attached hydrogens (tertiary/aromatic N) is 5. The zero-order valence-corrected chi connectivity index (χ0v) is 15.4. The standard InChI is InChI=1S/C21H13FN8/c22-15-4-2-1-3-13(15)17-19-16(5-6-23-17)27-21(28-19)18-14-7-11(12-9-25-26-10-12)8-24-20(14)30-29-18/h1-10H,(H,25,26)(H,27,28)(H,24,29,30). The lowest BCUT2D eigenvalue weighted by Crippen LogP contribution is -1.89. The summed E-state index contributed by atoms with van der Waals surface area (Å²) in [7, 11) is 0. The molecule has 0 radical (unpaired) electrons. The first-order valence-electron chi connectivity index (χ1n) is 9.21. The van der Waals surface area contributed by atoms with Crippen molar-refractivity contribution in [3.05, 3.63) is 67.0 Å². The average molecular weight is 396 g/mol. The van der Waals surface area contributed by atoms with Gasteiger partial charge in [0.2, 0.25) is 0 Å². The number of rotatable bonds is 3. The van der Waals surface area contributed by atoms with Crippen molar-refractivity contribution < 1.29 is 4.39 Å². The van der Waals surface area contributed by atoms with Gasteiger partial charge in [0.1, 0.15) is 22.7 Å². The van der Waals surface area contributed by atoms with Crippen molar-refractivity contribution in [2.24, 2.45) is 0 Å². The van der Waals surface area contributed by atoms with Crippen LogP contribution >= 0.6 is 0 Å². The predicted molar refractivity (Wildman–Crippen MR) is 110 cm³/mol. The Balaban J connectivity index is 1.54. The number of benzene rings is 1. The van der Waals surface area contributed by atoms with Crippen LogP contribution in [0.25, 0.3) is 56.0 Å². The molecule has 0 unspecified atom stereocenters. The van der Waals surface area contributed by atoms with Gasteiger partial charge in [0.25, 0.3) is 0 Å². The lowest BCUT2D eigenvalue weighted by molar-refractivity contribution is 0.631. The highest BCUT2D eigenvalue weighted by Gasteiger charge is 2.18. The molecule has 144 valence electrons. The van der Waals surface area contributed by atoms with Crippen LogP contribution in [0, 0.1) is 5.82 Å². The molecule has 0 amide bonds. The summed E-state index contributed by atoms with van der Waals surface area (Å²) in [5, 5.41) is 14.9. The van der Waals surface area contributed by atoms with Gasteiger partial charge < -0.3 is 4.98 Å². The molecule has 0 saturated heterocycles. The topological polar surface area (TPSA) is 112 Å². The highest BCUT2D eigenvalue weighted by atomic mass is 19.1. The second kappa shape index (κ2) is 6.31. The molecule has 0 saturated carbocycles. The third-order valence-electron chi connectivity index (χ3n) is 5.00. The quantitative estimate of drug-likeness (QED) is 0.417. The molecule has 8 nitrogen and oxygen atoms in total. The molecule has 9 heteroatoms. The molecule has 5 aromatic heterocycles. The molecule has 0 aliphatic heterocycles. The van der Waals surface area contributed by atoms with Gasteiger partial charge in [-0.2, -0.15) is 10.2 Å². The zero-order valence-electron chi connectivity index (χ0n) is 15.4. The Labute approximate surface area is 168 Å². The van der Waals surface area contributed by atoms with Crippen LogP contribution in [-0.2, 0) is 0 Å². The second-order valence-corrected chi connectivity index (χ2v) is 6.80. The van der Waals surface area contributed by atoms with E-state index in [9.17, 15) is 4.39 Å². The SMILES string of the molecule is Fc1ccccc1-c1nccc2[nH]c(-c3n[nH]c4ncc(-c5cn[nH]c5)cc34)nc12. The smallest absolute Gasteiger partial charge is 0.159 e. The summed E-state index contributed by atoms with van der Waals surface area (Å²) in [6.07, 6.45) is 6.92. The van der Waals surface area contributed by atoms with Gasteiger partial charge in [-0.25, -0.2) is 14.4 Å². The molecule has 3 N–H and O–H groups in total. The van der Waals surface area contributed by atoms with Gasteiger partial charge in [0.05, 0.1) is 17.1 Å². The van der Waals surface area contributed by atoms with Gasteiger partial charge >= 0.3 is 0 Å². The van der Waals surface area contributed by atoms with Gasteiger partial charge in [0.15, 0.2) is 11.5 Å². The van der Waals surface area contributed by atoms with Crippen molar-refractivity contribution in [1.82, 2.24) is 40.3 Å². The molecule has 0 aliphatic carbocycles. The molecule has 0 spiro atoms. The molecule has 6 rings (SSSR count). The highest BCUT2D eigenvalue weighted by Crippen LogP contribution is 2.32. The third-order valence-corrected chi connectivity index (χ3v) is 5.00. The van der Waals surface area contributed by atoms with E-state index < -0.39 is 0 Å². The highest BCUT2D eigenvalue weighted by molar-refractivity contribution is 5.96. The Kier molecular flexibility index (Phi) is 3.48. The zero-order chi connectivity index (χ0) is 20.1. The molecular weight excluding hydrogens is 383 g/mol. The number of nitrogens with one attached hydrogen (secondary N) is 3. The van der Waals surface area contributed by atoms with E-state index in [-0.39, 0.29) is 5.82 Å². The minimum absolute atomic E-state index is 0.346. The first-order chi connectivity index (χ1) is 14.8. The largest absolute Gasteiger partial charge is 0.336 e. The van der Waals surface area contributed by atoms with Gasteiger partial charge in [-0.15, -0.1) is 0 Å². The number of aromatic amines is 3. The summed E-state index contributed by atoms with van der Waals surface area (Å²) in [6.45, 7) is 0. The maximum absolute atomic E-state index is 14.4. The molecular formula is C21H13FN8. The van der Waals surface area contributed by atoms with Crippen LogP contribution in [0.1, 0.15) is 0 Å². The molecule has 6 aromatic rings. The van der Waals surface area contributed by atoms with Crippen molar-refractivity contribution in [3.8, 4) is 33.9 Å². The third kappa shape index (κ3) is 2.49. The van der Waals surface area contributed by atoms with Crippen LogP contribution in [0.4, 0.5) is 4.39 Å². The van der Waals surface area contributed by atoms with E-state index in [0.717, 1.165) is 22.0 Å².